The van der Waals surface area contributed by atoms with Crippen molar-refractivity contribution in [3.63, 3.8) is 0 Å². The standard InChI is InChI=1S/C11H9BrF2O2/c1-16-11(15)4-2-3-7-5-10(14)8(12)6-9(7)13/h2-3,5-6H,4H2,1H3. The molecule has 0 aliphatic carbocycles. The molecule has 1 rings (SSSR count). The van der Waals surface area contributed by atoms with Crippen LogP contribution < -0.4 is 0 Å². The summed E-state index contributed by atoms with van der Waals surface area (Å²) in [6.07, 6.45) is 2.77. The molecule has 16 heavy (non-hydrogen) atoms. The largest absolute Gasteiger partial charge is 0.469 e. The molecule has 0 spiro atoms. The number of methoxy groups -OCH3 is 1. The van der Waals surface area contributed by atoms with E-state index in [9.17, 15) is 13.6 Å². The predicted molar refractivity (Wildman–Crippen MR) is 59.7 cm³/mol. The fourth-order valence-electron chi connectivity index (χ4n) is 1.03. The molecule has 0 N–H and O–H groups in total. The van der Waals surface area contributed by atoms with Gasteiger partial charge in [-0.15, -0.1) is 0 Å². The Hall–Kier alpha value is -1.23. The summed E-state index contributed by atoms with van der Waals surface area (Å²) >= 11 is 2.87. The maximum atomic E-state index is 13.3. The molecule has 0 unspecified atom stereocenters. The lowest BCUT2D eigenvalue weighted by molar-refractivity contribution is -0.139. The quantitative estimate of drug-likeness (QED) is 0.631. The van der Waals surface area contributed by atoms with Crippen LogP contribution in [0, 0.1) is 11.6 Å². The van der Waals surface area contributed by atoms with Crippen LogP contribution in [0.3, 0.4) is 0 Å². The molecule has 0 radical (unpaired) electrons. The minimum atomic E-state index is -0.561. The molecule has 0 heterocycles. The molecule has 5 heteroatoms. The van der Waals surface area contributed by atoms with E-state index in [4.69, 9.17) is 0 Å². The second kappa shape index (κ2) is 5.75. The highest BCUT2D eigenvalue weighted by molar-refractivity contribution is 9.10. The number of esters is 1. The molecule has 1 aromatic rings. The smallest absolute Gasteiger partial charge is 0.309 e. The first-order valence-corrected chi connectivity index (χ1v) is 5.21. The second-order valence-electron chi connectivity index (χ2n) is 2.97. The molecule has 2 nitrogen and oxygen atoms in total. The number of ether oxygens (including phenoxy) is 1. The van der Waals surface area contributed by atoms with Crippen molar-refractivity contribution in [1.82, 2.24) is 0 Å². The second-order valence-corrected chi connectivity index (χ2v) is 3.82. The first kappa shape index (κ1) is 12.8. The van der Waals surface area contributed by atoms with Crippen molar-refractivity contribution in [3.8, 4) is 0 Å². The third-order valence-electron chi connectivity index (χ3n) is 1.85. The first-order chi connectivity index (χ1) is 7.54. The van der Waals surface area contributed by atoms with Crippen LogP contribution >= 0.6 is 15.9 Å². The van der Waals surface area contributed by atoms with Gasteiger partial charge < -0.3 is 4.74 Å². The molecule has 0 bridgehead atoms. The SMILES string of the molecule is COC(=O)CC=Cc1cc(F)c(Br)cc1F. The molecular weight excluding hydrogens is 282 g/mol. The van der Waals surface area contributed by atoms with Gasteiger partial charge in [0.1, 0.15) is 11.6 Å². The van der Waals surface area contributed by atoms with E-state index in [1.165, 1.54) is 19.3 Å². The minimum Gasteiger partial charge on any atom is -0.469 e. The highest BCUT2D eigenvalue weighted by Gasteiger charge is 2.05. The van der Waals surface area contributed by atoms with Crippen LogP contribution in [0.2, 0.25) is 0 Å². The third kappa shape index (κ3) is 3.41. The fraction of sp³-hybridized carbons (Fsp3) is 0.182. The summed E-state index contributed by atoms with van der Waals surface area (Å²) in [5.74, 6) is -1.55. The Balaban J connectivity index is 2.81. The van der Waals surface area contributed by atoms with Crippen LogP contribution in [0.1, 0.15) is 12.0 Å². The lowest BCUT2D eigenvalue weighted by Gasteiger charge is -1.99. The average Bonchev–Trinajstić information content (AvgIpc) is 2.25. The van der Waals surface area contributed by atoms with Gasteiger partial charge >= 0.3 is 5.97 Å². The zero-order valence-electron chi connectivity index (χ0n) is 8.47. The number of carbonyl (C=O) groups is 1. The summed E-state index contributed by atoms with van der Waals surface area (Å²) in [6, 6.07) is 2.08. The normalized spacial score (nSPS) is 10.8. The third-order valence-corrected chi connectivity index (χ3v) is 2.46. The highest BCUT2D eigenvalue weighted by Crippen LogP contribution is 2.20. The van der Waals surface area contributed by atoms with Crippen LogP contribution in [-0.4, -0.2) is 13.1 Å². The van der Waals surface area contributed by atoms with Crippen molar-refractivity contribution < 1.29 is 18.3 Å². The molecule has 0 aliphatic rings. The van der Waals surface area contributed by atoms with Gasteiger partial charge in [-0.1, -0.05) is 12.2 Å². The van der Waals surface area contributed by atoms with E-state index < -0.39 is 17.6 Å². The Morgan fingerprint density at radius 2 is 2.12 bits per heavy atom. The summed E-state index contributed by atoms with van der Waals surface area (Å²) in [4.78, 5) is 10.8. The summed E-state index contributed by atoms with van der Waals surface area (Å²) in [5, 5.41) is 0. The van der Waals surface area contributed by atoms with Gasteiger partial charge in [0.05, 0.1) is 18.0 Å². The Bertz CT molecular complexity index is 430. The van der Waals surface area contributed by atoms with E-state index in [1.807, 2.05) is 0 Å². The van der Waals surface area contributed by atoms with Crippen LogP contribution in [0.15, 0.2) is 22.7 Å². The van der Waals surface area contributed by atoms with Crippen molar-refractivity contribution in [1.29, 1.82) is 0 Å². The van der Waals surface area contributed by atoms with E-state index in [0.29, 0.717) is 0 Å². The summed E-state index contributed by atoms with van der Waals surface area (Å²) in [7, 11) is 1.26. The lowest BCUT2D eigenvalue weighted by atomic mass is 10.2. The molecule has 86 valence electrons. The summed E-state index contributed by atoms with van der Waals surface area (Å²) in [6.45, 7) is 0. The first-order valence-electron chi connectivity index (χ1n) is 4.42. The van der Waals surface area contributed by atoms with Gasteiger partial charge in [-0.3, -0.25) is 4.79 Å². The van der Waals surface area contributed by atoms with Crippen molar-refractivity contribution in [2.24, 2.45) is 0 Å². The van der Waals surface area contributed by atoms with E-state index in [2.05, 4.69) is 20.7 Å². The van der Waals surface area contributed by atoms with Gasteiger partial charge in [0.2, 0.25) is 0 Å². The van der Waals surface area contributed by atoms with Crippen molar-refractivity contribution in [2.45, 2.75) is 6.42 Å². The van der Waals surface area contributed by atoms with Gasteiger partial charge in [0.15, 0.2) is 0 Å². The molecular formula is C11H9BrF2O2. The van der Waals surface area contributed by atoms with E-state index in [1.54, 1.807) is 0 Å². The van der Waals surface area contributed by atoms with Gasteiger partial charge in [-0.25, -0.2) is 8.78 Å². The maximum absolute atomic E-state index is 13.3. The summed E-state index contributed by atoms with van der Waals surface area (Å²) in [5.41, 5.74) is 0.0876. The summed E-state index contributed by atoms with van der Waals surface area (Å²) < 4.78 is 30.8. The number of rotatable bonds is 3. The molecule has 0 amide bonds. The van der Waals surface area contributed by atoms with Gasteiger partial charge in [0, 0.05) is 5.56 Å². The van der Waals surface area contributed by atoms with E-state index in [0.717, 1.165) is 12.1 Å². The number of carbonyl (C=O) groups excluding carboxylic acids is 1. The molecule has 0 aromatic heterocycles. The van der Waals surface area contributed by atoms with Crippen molar-refractivity contribution >= 4 is 28.0 Å². The number of hydrogen-bond donors (Lipinski definition) is 0. The Kier molecular flexibility index (Phi) is 4.61. The topological polar surface area (TPSA) is 26.3 Å². The number of hydrogen-bond acceptors (Lipinski definition) is 2. The minimum absolute atomic E-state index is 0.0215. The van der Waals surface area contributed by atoms with Gasteiger partial charge in [-0.05, 0) is 28.1 Å². The predicted octanol–water partition coefficient (Wildman–Crippen LogP) is 3.30. The Labute approximate surface area is 100 Å². The maximum Gasteiger partial charge on any atom is 0.309 e. The van der Waals surface area contributed by atoms with Crippen LogP contribution in [0.25, 0.3) is 6.08 Å². The van der Waals surface area contributed by atoms with Crippen molar-refractivity contribution in [3.05, 3.63) is 39.9 Å². The van der Waals surface area contributed by atoms with E-state index >= 15 is 0 Å². The average molecular weight is 291 g/mol. The number of halogens is 3. The van der Waals surface area contributed by atoms with Crippen LogP contribution in [0.4, 0.5) is 8.78 Å². The molecule has 0 saturated heterocycles. The van der Waals surface area contributed by atoms with Crippen LogP contribution in [0.5, 0.6) is 0 Å². The molecule has 0 atom stereocenters. The fourth-order valence-corrected chi connectivity index (χ4v) is 1.35. The Morgan fingerprint density at radius 1 is 1.44 bits per heavy atom. The Morgan fingerprint density at radius 3 is 2.75 bits per heavy atom. The molecule has 0 fully saturated rings. The molecule has 0 aliphatic heterocycles. The highest BCUT2D eigenvalue weighted by atomic mass is 79.9. The van der Waals surface area contributed by atoms with Crippen molar-refractivity contribution in [2.75, 3.05) is 7.11 Å². The zero-order chi connectivity index (χ0) is 12.1. The lowest BCUT2D eigenvalue weighted by Crippen LogP contribution is -1.96. The van der Waals surface area contributed by atoms with Gasteiger partial charge in [-0.2, -0.15) is 0 Å². The number of benzene rings is 1. The molecule has 1 aromatic carbocycles. The zero-order valence-corrected chi connectivity index (χ0v) is 10.1. The molecule has 0 saturated carbocycles. The van der Waals surface area contributed by atoms with Crippen LogP contribution in [-0.2, 0) is 9.53 Å². The van der Waals surface area contributed by atoms with Gasteiger partial charge in [0.25, 0.3) is 0 Å². The van der Waals surface area contributed by atoms with E-state index in [-0.39, 0.29) is 16.5 Å². The monoisotopic (exact) mass is 290 g/mol.